The molecular weight excluding hydrogens is 372 g/mol. The van der Waals surface area contributed by atoms with Crippen molar-refractivity contribution in [2.24, 2.45) is 0 Å². The lowest BCUT2D eigenvalue weighted by molar-refractivity contribution is -0.123. The molecule has 0 radical (unpaired) electrons. The fraction of sp³-hybridized carbons (Fsp3) is 0.278. The van der Waals surface area contributed by atoms with Gasteiger partial charge in [0.25, 0.3) is 15.9 Å². The molecule has 0 heterocycles. The Bertz CT molecular complexity index is 835. The number of ether oxygens (including phenoxy) is 3. The highest BCUT2D eigenvalue weighted by molar-refractivity contribution is 7.92. The van der Waals surface area contributed by atoms with Crippen LogP contribution in [0, 0.1) is 0 Å². The molecule has 146 valence electrons. The van der Waals surface area contributed by atoms with Gasteiger partial charge in [-0.1, -0.05) is 0 Å². The zero-order valence-electron chi connectivity index (χ0n) is 15.1. The van der Waals surface area contributed by atoms with Crippen LogP contribution >= 0.6 is 0 Å². The molecule has 0 saturated carbocycles. The molecule has 0 aliphatic carbocycles. The summed E-state index contributed by atoms with van der Waals surface area (Å²) in [5, 5.41) is 2.62. The average molecular weight is 394 g/mol. The maximum atomic E-state index is 12.4. The third-order valence-corrected chi connectivity index (χ3v) is 4.87. The number of nitrogens with one attached hydrogen (secondary N) is 2. The third kappa shape index (κ3) is 6.46. The summed E-state index contributed by atoms with van der Waals surface area (Å²) in [7, 11) is -0.658. The summed E-state index contributed by atoms with van der Waals surface area (Å²) in [6.07, 6.45) is 0. The Morgan fingerprint density at radius 3 is 2.19 bits per heavy atom. The molecule has 0 aromatic heterocycles. The van der Waals surface area contributed by atoms with Crippen molar-refractivity contribution in [2.75, 3.05) is 38.7 Å². The van der Waals surface area contributed by atoms with Crippen LogP contribution in [-0.2, 0) is 19.6 Å². The van der Waals surface area contributed by atoms with Crippen molar-refractivity contribution in [3.05, 3.63) is 48.5 Å². The second-order valence-corrected chi connectivity index (χ2v) is 7.12. The van der Waals surface area contributed by atoms with Crippen molar-refractivity contribution < 1.29 is 27.4 Å². The molecule has 0 bridgehead atoms. The number of hydrogen-bond donors (Lipinski definition) is 2. The number of amides is 1. The van der Waals surface area contributed by atoms with Gasteiger partial charge in [-0.2, -0.15) is 0 Å². The van der Waals surface area contributed by atoms with Gasteiger partial charge in [0.05, 0.1) is 18.6 Å². The van der Waals surface area contributed by atoms with E-state index in [1.807, 2.05) is 0 Å². The smallest absolute Gasteiger partial charge is 0.261 e. The molecule has 0 atom stereocenters. The lowest BCUT2D eigenvalue weighted by Gasteiger charge is -2.10. The van der Waals surface area contributed by atoms with Crippen molar-refractivity contribution in [1.29, 1.82) is 0 Å². The van der Waals surface area contributed by atoms with Gasteiger partial charge >= 0.3 is 0 Å². The van der Waals surface area contributed by atoms with E-state index in [0.717, 1.165) is 0 Å². The highest BCUT2D eigenvalue weighted by Crippen LogP contribution is 2.21. The topological polar surface area (TPSA) is 103 Å². The Hall–Kier alpha value is -2.78. The quantitative estimate of drug-likeness (QED) is 0.594. The minimum atomic E-state index is -3.74. The molecule has 0 spiro atoms. The van der Waals surface area contributed by atoms with Crippen LogP contribution in [0.3, 0.4) is 0 Å². The molecule has 1 amide bonds. The van der Waals surface area contributed by atoms with Gasteiger partial charge in [0, 0.05) is 19.3 Å². The predicted molar refractivity (Wildman–Crippen MR) is 101 cm³/mol. The molecule has 2 aromatic rings. The minimum Gasteiger partial charge on any atom is -0.497 e. The Morgan fingerprint density at radius 2 is 1.59 bits per heavy atom. The van der Waals surface area contributed by atoms with E-state index < -0.39 is 10.0 Å². The van der Waals surface area contributed by atoms with Crippen LogP contribution in [0.5, 0.6) is 11.5 Å². The summed E-state index contributed by atoms with van der Waals surface area (Å²) >= 11 is 0. The Morgan fingerprint density at radius 1 is 0.963 bits per heavy atom. The van der Waals surface area contributed by atoms with Crippen molar-refractivity contribution in [3.63, 3.8) is 0 Å². The molecule has 2 aromatic carbocycles. The van der Waals surface area contributed by atoms with E-state index in [0.29, 0.717) is 30.3 Å². The van der Waals surface area contributed by atoms with Crippen LogP contribution in [0.4, 0.5) is 5.69 Å². The summed E-state index contributed by atoms with van der Waals surface area (Å²) < 4.78 is 42.5. The number of benzene rings is 2. The number of carbonyl (C=O) groups excluding carboxylic acids is 1. The largest absolute Gasteiger partial charge is 0.497 e. The number of anilines is 1. The summed E-state index contributed by atoms with van der Waals surface area (Å²) in [5.74, 6) is 0.732. The first-order chi connectivity index (χ1) is 12.9. The van der Waals surface area contributed by atoms with E-state index in [1.54, 1.807) is 31.4 Å². The van der Waals surface area contributed by atoms with Crippen LogP contribution < -0.4 is 19.5 Å². The SMILES string of the molecule is COCCNC(=O)COc1ccc(S(=O)(=O)Nc2ccc(OC)cc2)cc1. The molecule has 8 nitrogen and oxygen atoms in total. The number of hydrogen-bond acceptors (Lipinski definition) is 6. The van der Waals surface area contributed by atoms with Gasteiger partial charge in [0.1, 0.15) is 11.5 Å². The summed E-state index contributed by atoms with van der Waals surface area (Å²) in [6.45, 7) is 0.645. The van der Waals surface area contributed by atoms with Crippen LogP contribution in [-0.4, -0.2) is 48.3 Å². The summed E-state index contributed by atoms with van der Waals surface area (Å²) in [6, 6.07) is 12.3. The Kier molecular flexibility index (Phi) is 7.44. The van der Waals surface area contributed by atoms with Gasteiger partial charge in [-0.05, 0) is 48.5 Å². The van der Waals surface area contributed by atoms with E-state index in [2.05, 4.69) is 10.0 Å². The first kappa shape index (κ1) is 20.5. The molecule has 0 saturated heterocycles. The second-order valence-electron chi connectivity index (χ2n) is 5.44. The lowest BCUT2D eigenvalue weighted by atomic mass is 10.3. The standard InChI is InChI=1S/C18H22N2O6S/c1-24-12-11-19-18(21)13-26-16-7-9-17(10-8-16)27(22,23)20-14-3-5-15(25-2)6-4-14/h3-10,20H,11-13H2,1-2H3,(H,19,21). The van der Waals surface area contributed by atoms with E-state index >= 15 is 0 Å². The fourth-order valence-electron chi connectivity index (χ4n) is 2.08. The molecule has 9 heteroatoms. The highest BCUT2D eigenvalue weighted by atomic mass is 32.2. The maximum absolute atomic E-state index is 12.4. The van der Waals surface area contributed by atoms with Gasteiger partial charge in [-0.25, -0.2) is 8.42 Å². The zero-order valence-corrected chi connectivity index (χ0v) is 15.9. The molecule has 0 aliphatic heterocycles. The van der Waals surface area contributed by atoms with E-state index in [4.69, 9.17) is 14.2 Å². The van der Waals surface area contributed by atoms with Crippen LogP contribution in [0.25, 0.3) is 0 Å². The van der Waals surface area contributed by atoms with Gasteiger partial charge in [0.2, 0.25) is 0 Å². The molecule has 2 rings (SSSR count). The number of rotatable bonds is 10. The van der Waals surface area contributed by atoms with Crippen LogP contribution in [0.2, 0.25) is 0 Å². The molecule has 0 fully saturated rings. The number of sulfonamides is 1. The van der Waals surface area contributed by atoms with E-state index in [1.165, 1.54) is 31.4 Å². The maximum Gasteiger partial charge on any atom is 0.261 e. The van der Waals surface area contributed by atoms with Gasteiger partial charge in [-0.3, -0.25) is 9.52 Å². The molecular formula is C18H22N2O6S. The minimum absolute atomic E-state index is 0.0789. The van der Waals surface area contributed by atoms with Crippen molar-refractivity contribution in [2.45, 2.75) is 4.90 Å². The zero-order chi connectivity index (χ0) is 19.7. The average Bonchev–Trinajstić information content (AvgIpc) is 2.67. The van der Waals surface area contributed by atoms with Crippen molar-refractivity contribution >= 4 is 21.6 Å². The Labute approximate surface area is 158 Å². The van der Waals surface area contributed by atoms with Gasteiger partial charge in [0.15, 0.2) is 6.61 Å². The highest BCUT2D eigenvalue weighted by Gasteiger charge is 2.14. The molecule has 0 aliphatic rings. The monoisotopic (exact) mass is 394 g/mol. The van der Waals surface area contributed by atoms with Crippen molar-refractivity contribution in [3.8, 4) is 11.5 Å². The van der Waals surface area contributed by atoms with Crippen molar-refractivity contribution in [1.82, 2.24) is 5.32 Å². The van der Waals surface area contributed by atoms with E-state index in [-0.39, 0.29) is 17.4 Å². The lowest BCUT2D eigenvalue weighted by Crippen LogP contribution is -2.31. The predicted octanol–water partition coefficient (Wildman–Crippen LogP) is 1.64. The summed E-state index contributed by atoms with van der Waals surface area (Å²) in [4.78, 5) is 11.6. The summed E-state index contributed by atoms with van der Waals surface area (Å²) in [5.41, 5.74) is 0.420. The molecule has 0 unspecified atom stereocenters. The third-order valence-electron chi connectivity index (χ3n) is 3.47. The van der Waals surface area contributed by atoms with Gasteiger partial charge < -0.3 is 19.5 Å². The number of carbonyl (C=O) groups is 1. The first-order valence-corrected chi connectivity index (χ1v) is 9.58. The molecule has 27 heavy (non-hydrogen) atoms. The van der Waals surface area contributed by atoms with Gasteiger partial charge in [-0.15, -0.1) is 0 Å². The normalized spacial score (nSPS) is 10.9. The molecule has 2 N–H and O–H groups in total. The fourth-order valence-corrected chi connectivity index (χ4v) is 3.14. The number of methoxy groups -OCH3 is 2. The van der Waals surface area contributed by atoms with Crippen LogP contribution in [0.1, 0.15) is 0 Å². The van der Waals surface area contributed by atoms with Crippen LogP contribution in [0.15, 0.2) is 53.4 Å². The second kappa shape index (κ2) is 9.79. The van der Waals surface area contributed by atoms with E-state index in [9.17, 15) is 13.2 Å². The Balaban J connectivity index is 1.93. The first-order valence-electron chi connectivity index (χ1n) is 8.10.